The minimum atomic E-state index is 0.0484. The molecule has 118 valence electrons. The Kier molecular flexibility index (Phi) is 2.77. The zero-order valence-corrected chi connectivity index (χ0v) is 13.1. The largest absolute Gasteiger partial charge is 0.365 e. The van der Waals surface area contributed by atoms with E-state index in [4.69, 9.17) is 0 Å². The van der Waals surface area contributed by atoms with Gasteiger partial charge >= 0.3 is 0 Å². The predicted octanol–water partition coefficient (Wildman–Crippen LogP) is 2.53. The molecule has 1 fully saturated rings. The molecule has 0 atom stereocenters. The zero-order valence-electron chi connectivity index (χ0n) is 13.1. The van der Waals surface area contributed by atoms with E-state index in [1.165, 1.54) is 18.5 Å². The molecule has 0 radical (unpaired) electrons. The minimum absolute atomic E-state index is 0.0484. The fourth-order valence-electron chi connectivity index (χ4n) is 3.98. The lowest BCUT2D eigenvalue weighted by atomic mass is 10.1. The van der Waals surface area contributed by atoms with Gasteiger partial charge in [0.1, 0.15) is 0 Å². The number of carbonyl (C=O) groups excluding carboxylic acids is 1. The second-order valence-electron chi connectivity index (χ2n) is 6.75. The number of anilines is 2. The number of hydrogen-bond donors (Lipinski definition) is 1. The number of nitrogens with one attached hydrogen (secondary N) is 1. The molecule has 1 N–H and O–H groups in total. The van der Waals surface area contributed by atoms with Crippen molar-refractivity contribution >= 4 is 17.3 Å². The van der Waals surface area contributed by atoms with Gasteiger partial charge < -0.3 is 9.80 Å². The molecule has 2 aromatic rings. The molecule has 1 amide bonds. The van der Waals surface area contributed by atoms with Gasteiger partial charge in [-0.3, -0.25) is 9.89 Å². The molecule has 5 rings (SSSR count). The van der Waals surface area contributed by atoms with Crippen molar-refractivity contribution in [3.63, 3.8) is 0 Å². The SMILES string of the molecule is O=C(c1n[nH]c2c1CCC2)N1CCN(C2CC2)c2ccccc21. The van der Waals surface area contributed by atoms with Gasteiger partial charge in [-0.1, -0.05) is 12.1 Å². The normalized spacial score (nSPS) is 19.7. The summed E-state index contributed by atoms with van der Waals surface area (Å²) in [4.78, 5) is 17.5. The van der Waals surface area contributed by atoms with Crippen LogP contribution >= 0.6 is 0 Å². The van der Waals surface area contributed by atoms with Gasteiger partial charge in [0.2, 0.25) is 0 Å². The Bertz CT molecular complexity index is 777. The van der Waals surface area contributed by atoms with Gasteiger partial charge in [0.05, 0.1) is 11.4 Å². The molecule has 0 spiro atoms. The molecule has 1 aliphatic heterocycles. The van der Waals surface area contributed by atoms with Gasteiger partial charge in [-0.25, -0.2) is 0 Å². The molecule has 1 saturated carbocycles. The number of aryl methyl sites for hydroxylation is 1. The molecule has 0 bridgehead atoms. The fourth-order valence-corrected chi connectivity index (χ4v) is 3.98. The first-order chi connectivity index (χ1) is 11.3. The molecule has 0 unspecified atom stereocenters. The third kappa shape index (κ3) is 1.99. The summed E-state index contributed by atoms with van der Waals surface area (Å²) in [7, 11) is 0. The molecule has 2 aliphatic carbocycles. The lowest BCUT2D eigenvalue weighted by molar-refractivity contribution is 0.0981. The summed E-state index contributed by atoms with van der Waals surface area (Å²) in [6.07, 6.45) is 5.65. The minimum Gasteiger partial charge on any atom is -0.365 e. The second-order valence-corrected chi connectivity index (χ2v) is 6.75. The van der Waals surface area contributed by atoms with Crippen LogP contribution in [0.25, 0.3) is 0 Å². The number of nitrogens with zero attached hydrogens (tertiary/aromatic N) is 3. The van der Waals surface area contributed by atoms with Gasteiger partial charge in [-0.15, -0.1) is 0 Å². The average Bonchev–Trinajstić information content (AvgIpc) is 3.18. The lowest BCUT2D eigenvalue weighted by Crippen LogP contribution is -2.45. The third-order valence-electron chi connectivity index (χ3n) is 5.29. The number of aromatic amines is 1. The number of fused-ring (bicyclic) bond motifs is 2. The summed E-state index contributed by atoms with van der Waals surface area (Å²) < 4.78 is 0. The highest BCUT2D eigenvalue weighted by Gasteiger charge is 2.36. The van der Waals surface area contributed by atoms with E-state index in [1.54, 1.807) is 0 Å². The molecule has 0 saturated heterocycles. The van der Waals surface area contributed by atoms with Gasteiger partial charge in [0, 0.05) is 30.4 Å². The van der Waals surface area contributed by atoms with Gasteiger partial charge in [0.15, 0.2) is 5.69 Å². The number of H-pyrrole nitrogens is 1. The Morgan fingerprint density at radius 3 is 2.78 bits per heavy atom. The van der Waals surface area contributed by atoms with Gasteiger partial charge in [0.25, 0.3) is 5.91 Å². The maximum atomic E-state index is 13.1. The van der Waals surface area contributed by atoms with Crippen LogP contribution in [0.2, 0.25) is 0 Å². The third-order valence-corrected chi connectivity index (χ3v) is 5.29. The van der Waals surface area contributed by atoms with Crippen molar-refractivity contribution in [2.45, 2.75) is 38.1 Å². The summed E-state index contributed by atoms with van der Waals surface area (Å²) >= 11 is 0. The Morgan fingerprint density at radius 2 is 1.96 bits per heavy atom. The van der Waals surface area contributed by atoms with Crippen LogP contribution in [0.3, 0.4) is 0 Å². The van der Waals surface area contributed by atoms with Crippen LogP contribution in [0.15, 0.2) is 24.3 Å². The smallest absolute Gasteiger partial charge is 0.279 e. The van der Waals surface area contributed by atoms with Crippen LogP contribution in [0.4, 0.5) is 11.4 Å². The number of rotatable bonds is 2. The summed E-state index contributed by atoms with van der Waals surface area (Å²) in [5.41, 5.74) is 5.15. The quantitative estimate of drug-likeness (QED) is 0.927. The Hall–Kier alpha value is -2.30. The van der Waals surface area contributed by atoms with Crippen LogP contribution in [-0.4, -0.2) is 35.2 Å². The number of benzene rings is 1. The van der Waals surface area contributed by atoms with E-state index in [2.05, 4.69) is 33.3 Å². The Balaban J connectivity index is 1.53. The molecule has 1 aromatic carbocycles. The summed E-state index contributed by atoms with van der Waals surface area (Å²) in [6.45, 7) is 1.66. The van der Waals surface area contributed by atoms with Crippen LogP contribution in [-0.2, 0) is 12.8 Å². The molecular formula is C18H20N4O. The first-order valence-electron chi connectivity index (χ1n) is 8.56. The van der Waals surface area contributed by atoms with Gasteiger partial charge in [-0.05, 0) is 44.2 Å². The van der Waals surface area contributed by atoms with E-state index >= 15 is 0 Å². The van der Waals surface area contributed by atoms with Crippen molar-refractivity contribution in [1.82, 2.24) is 10.2 Å². The van der Waals surface area contributed by atoms with Crippen LogP contribution in [0.5, 0.6) is 0 Å². The first-order valence-corrected chi connectivity index (χ1v) is 8.56. The predicted molar refractivity (Wildman–Crippen MR) is 89.1 cm³/mol. The highest BCUT2D eigenvalue weighted by atomic mass is 16.2. The van der Waals surface area contributed by atoms with Crippen LogP contribution < -0.4 is 9.80 Å². The number of hydrogen-bond acceptors (Lipinski definition) is 3. The number of amides is 1. The summed E-state index contributed by atoms with van der Waals surface area (Å²) in [5, 5.41) is 7.38. The van der Waals surface area contributed by atoms with E-state index in [1.807, 2.05) is 11.0 Å². The Morgan fingerprint density at radius 1 is 1.13 bits per heavy atom. The number of aromatic nitrogens is 2. The maximum absolute atomic E-state index is 13.1. The number of para-hydroxylation sites is 2. The highest BCUT2D eigenvalue weighted by molar-refractivity contribution is 6.08. The van der Waals surface area contributed by atoms with Crippen LogP contribution in [0, 0.1) is 0 Å². The first kappa shape index (κ1) is 13.2. The molecule has 2 heterocycles. The van der Waals surface area contributed by atoms with Crippen molar-refractivity contribution < 1.29 is 4.79 Å². The zero-order chi connectivity index (χ0) is 15.4. The lowest BCUT2D eigenvalue weighted by Gasteiger charge is -2.37. The van der Waals surface area contributed by atoms with Crippen molar-refractivity contribution in [2.24, 2.45) is 0 Å². The van der Waals surface area contributed by atoms with E-state index in [0.29, 0.717) is 11.7 Å². The summed E-state index contributed by atoms with van der Waals surface area (Å²) in [5.74, 6) is 0.0484. The molecule has 5 nitrogen and oxygen atoms in total. The molecule has 1 aromatic heterocycles. The van der Waals surface area contributed by atoms with E-state index in [-0.39, 0.29) is 5.91 Å². The Labute approximate surface area is 135 Å². The number of carbonyl (C=O) groups is 1. The van der Waals surface area contributed by atoms with Crippen molar-refractivity contribution in [2.75, 3.05) is 22.9 Å². The second kappa shape index (κ2) is 4.85. The standard InChI is InChI=1S/C18H20N4O/c23-18(17-13-4-3-5-14(13)19-20-17)22-11-10-21(12-8-9-12)15-6-1-2-7-16(15)22/h1-2,6-7,12H,3-5,8-11H2,(H,19,20). The maximum Gasteiger partial charge on any atom is 0.279 e. The van der Waals surface area contributed by atoms with Crippen molar-refractivity contribution in [3.8, 4) is 0 Å². The fraction of sp³-hybridized carbons (Fsp3) is 0.444. The van der Waals surface area contributed by atoms with E-state index < -0.39 is 0 Å². The molecular weight excluding hydrogens is 288 g/mol. The van der Waals surface area contributed by atoms with Crippen molar-refractivity contribution in [1.29, 1.82) is 0 Å². The van der Waals surface area contributed by atoms with Crippen LogP contribution in [0.1, 0.15) is 41.0 Å². The molecule has 5 heteroatoms. The van der Waals surface area contributed by atoms with E-state index in [9.17, 15) is 4.79 Å². The van der Waals surface area contributed by atoms with Gasteiger partial charge in [-0.2, -0.15) is 5.10 Å². The van der Waals surface area contributed by atoms with Crippen molar-refractivity contribution in [3.05, 3.63) is 41.2 Å². The topological polar surface area (TPSA) is 52.2 Å². The monoisotopic (exact) mass is 308 g/mol. The molecule has 3 aliphatic rings. The average molecular weight is 308 g/mol. The molecule has 23 heavy (non-hydrogen) atoms. The van der Waals surface area contributed by atoms with E-state index in [0.717, 1.165) is 49.3 Å². The summed E-state index contributed by atoms with van der Waals surface area (Å²) in [6, 6.07) is 8.96. The highest BCUT2D eigenvalue weighted by Crippen LogP contribution is 2.40.